The summed E-state index contributed by atoms with van der Waals surface area (Å²) in [6.07, 6.45) is 3.67. The zero-order chi connectivity index (χ0) is 25.3. The van der Waals surface area contributed by atoms with Gasteiger partial charge in [-0.3, -0.25) is 4.90 Å². The number of fused-ring (bicyclic) bond motifs is 2. The number of nitrogens with zero attached hydrogens (tertiary/aromatic N) is 1. The van der Waals surface area contributed by atoms with Crippen LogP contribution in [-0.2, 0) is 19.5 Å². The molecular weight excluding hydrogens is 476 g/mol. The molecule has 0 bridgehead atoms. The molecule has 2 aliphatic rings. The van der Waals surface area contributed by atoms with E-state index in [4.69, 9.17) is 18.3 Å². The number of nitrogens with one attached hydrogen (secondary N) is 1. The summed E-state index contributed by atoms with van der Waals surface area (Å²) in [6.45, 7) is 1.41. The third kappa shape index (κ3) is 4.44. The van der Waals surface area contributed by atoms with Crippen LogP contribution < -0.4 is 14.8 Å². The molecule has 2 aromatic heterocycles. The largest absolute Gasteiger partial charge is 0.481 e. The Morgan fingerprint density at radius 3 is 2.32 bits per heavy atom. The summed E-state index contributed by atoms with van der Waals surface area (Å²) in [4.78, 5) is 2.30. The average Bonchev–Trinajstić information content (AvgIpc) is 3.67. The molecule has 6 nitrogen and oxygen atoms in total. The van der Waals surface area contributed by atoms with Crippen molar-refractivity contribution in [3.63, 3.8) is 0 Å². The van der Waals surface area contributed by atoms with Crippen molar-refractivity contribution < 1.29 is 18.3 Å². The molecule has 38 heavy (non-hydrogen) atoms. The van der Waals surface area contributed by atoms with E-state index >= 15 is 0 Å². The van der Waals surface area contributed by atoms with Crippen molar-refractivity contribution in [2.75, 3.05) is 5.32 Å². The SMILES string of the molecule is c1cc(C2Oc3ccccc3NC2Cc2ccco2)cc(C2Oc3ccccc3CN2Cc2ccco2)c1. The van der Waals surface area contributed by atoms with Crippen LogP contribution in [-0.4, -0.2) is 10.9 Å². The van der Waals surface area contributed by atoms with E-state index in [1.165, 1.54) is 5.56 Å². The monoisotopic (exact) mass is 504 g/mol. The predicted molar refractivity (Wildman–Crippen MR) is 144 cm³/mol. The van der Waals surface area contributed by atoms with E-state index in [-0.39, 0.29) is 18.4 Å². The Balaban J connectivity index is 1.23. The van der Waals surface area contributed by atoms with Gasteiger partial charge >= 0.3 is 0 Å². The van der Waals surface area contributed by atoms with Crippen LogP contribution in [0.3, 0.4) is 0 Å². The number of anilines is 1. The standard InChI is InChI=1S/C32H28N2O4/c1-3-14-29-24(8-1)20-34(21-26-12-7-17-36-26)32(38-29)23-10-5-9-22(18-23)31-28(19-25-11-6-16-35-25)33-27-13-2-4-15-30(27)37-31/h1-18,28,31-33H,19-21H2. The van der Waals surface area contributed by atoms with E-state index in [1.807, 2.05) is 54.6 Å². The van der Waals surface area contributed by atoms with Crippen LogP contribution in [0.5, 0.6) is 11.5 Å². The van der Waals surface area contributed by atoms with Crippen molar-refractivity contribution >= 4 is 5.69 Å². The highest BCUT2D eigenvalue weighted by molar-refractivity contribution is 5.59. The predicted octanol–water partition coefficient (Wildman–Crippen LogP) is 7.12. The zero-order valence-electron chi connectivity index (χ0n) is 20.8. The number of para-hydroxylation sites is 3. The Hall–Kier alpha value is -4.42. The molecule has 190 valence electrons. The number of ether oxygens (including phenoxy) is 2. The highest BCUT2D eigenvalue weighted by Gasteiger charge is 2.34. The van der Waals surface area contributed by atoms with E-state index in [9.17, 15) is 0 Å². The summed E-state index contributed by atoms with van der Waals surface area (Å²) >= 11 is 0. The quantitative estimate of drug-likeness (QED) is 0.266. The first-order chi connectivity index (χ1) is 18.8. The van der Waals surface area contributed by atoms with Gasteiger partial charge in [0.05, 0.1) is 30.8 Å². The number of furan rings is 2. The minimum Gasteiger partial charge on any atom is -0.481 e. The fourth-order valence-corrected chi connectivity index (χ4v) is 5.44. The maximum Gasteiger partial charge on any atom is 0.179 e. The van der Waals surface area contributed by atoms with E-state index < -0.39 is 0 Å². The summed E-state index contributed by atoms with van der Waals surface area (Å²) in [5, 5.41) is 3.70. The molecule has 4 heterocycles. The van der Waals surface area contributed by atoms with Crippen molar-refractivity contribution in [2.24, 2.45) is 0 Å². The lowest BCUT2D eigenvalue weighted by atomic mass is 9.94. The maximum absolute atomic E-state index is 6.62. The molecule has 1 N–H and O–H groups in total. The molecule has 3 atom stereocenters. The topological polar surface area (TPSA) is 60.0 Å². The Morgan fingerprint density at radius 1 is 0.711 bits per heavy atom. The first-order valence-electron chi connectivity index (χ1n) is 13.0. The molecule has 3 unspecified atom stereocenters. The van der Waals surface area contributed by atoms with E-state index in [0.29, 0.717) is 13.0 Å². The van der Waals surface area contributed by atoms with Gasteiger partial charge in [-0.15, -0.1) is 0 Å². The molecule has 0 spiro atoms. The van der Waals surface area contributed by atoms with Gasteiger partial charge in [0.25, 0.3) is 0 Å². The molecule has 0 fully saturated rings. The van der Waals surface area contributed by atoms with E-state index in [1.54, 1.807) is 12.5 Å². The lowest BCUT2D eigenvalue weighted by Crippen LogP contribution is -2.37. The molecule has 0 amide bonds. The van der Waals surface area contributed by atoms with Crippen LogP contribution in [0.15, 0.2) is 118 Å². The van der Waals surface area contributed by atoms with Gasteiger partial charge in [-0.25, -0.2) is 0 Å². The fraction of sp³-hybridized carbons (Fsp3) is 0.188. The van der Waals surface area contributed by atoms with Crippen molar-refractivity contribution in [1.82, 2.24) is 4.90 Å². The third-order valence-corrected chi connectivity index (χ3v) is 7.23. The molecule has 2 aliphatic heterocycles. The van der Waals surface area contributed by atoms with Crippen molar-refractivity contribution in [2.45, 2.75) is 37.9 Å². The number of rotatable bonds is 6. The van der Waals surface area contributed by atoms with Crippen molar-refractivity contribution in [1.29, 1.82) is 0 Å². The Bertz CT molecular complexity index is 1400. The Kier molecular flexibility index (Phi) is 5.87. The highest BCUT2D eigenvalue weighted by atomic mass is 16.5. The van der Waals surface area contributed by atoms with Crippen LogP contribution >= 0.6 is 0 Å². The summed E-state index contributed by atoms with van der Waals surface area (Å²) in [5.74, 6) is 3.59. The molecule has 5 aromatic rings. The summed E-state index contributed by atoms with van der Waals surface area (Å²) in [7, 11) is 0. The highest BCUT2D eigenvalue weighted by Crippen LogP contribution is 2.41. The molecule has 3 aromatic carbocycles. The number of hydrogen-bond acceptors (Lipinski definition) is 6. The van der Waals surface area contributed by atoms with E-state index in [0.717, 1.165) is 46.4 Å². The van der Waals surface area contributed by atoms with Gasteiger partial charge in [0.15, 0.2) is 6.23 Å². The van der Waals surface area contributed by atoms with Crippen LogP contribution in [0.1, 0.15) is 40.5 Å². The molecule has 7 rings (SSSR count). The van der Waals surface area contributed by atoms with Gasteiger partial charge < -0.3 is 23.6 Å². The second kappa shape index (κ2) is 9.80. The molecule has 0 aliphatic carbocycles. The lowest BCUT2D eigenvalue weighted by Gasteiger charge is -2.38. The second-order valence-electron chi connectivity index (χ2n) is 9.80. The molecule has 0 saturated heterocycles. The first-order valence-corrected chi connectivity index (χ1v) is 13.0. The van der Waals surface area contributed by atoms with Crippen LogP contribution in [0.2, 0.25) is 0 Å². The second-order valence-corrected chi connectivity index (χ2v) is 9.80. The molecule has 0 saturated carbocycles. The van der Waals surface area contributed by atoms with Gasteiger partial charge in [-0.1, -0.05) is 48.5 Å². The van der Waals surface area contributed by atoms with E-state index in [2.05, 4.69) is 52.7 Å². The maximum atomic E-state index is 6.62. The molecule has 6 heteroatoms. The van der Waals surface area contributed by atoms with Crippen molar-refractivity contribution in [3.8, 4) is 11.5 Å². The minimum absolute atomic E-state index is 0.00137. The minimum atomic E-state index is -0.262. The van der Waals surface area contributed by atoms with Crippen LogP contribution in [0, 0.1) is 0 Å². The molecule has 0 radical (unpaired) electrons. The molecular formula is C32H28N2O4. The number of hydrogen-bond donors (Lipinski definition) is 1. The smallest absolute Gasteiger partial charge is 0.179 e. The average molecular weight is 505 g/mol. The van der Waals surface area contributed by atoms with Crippen molar-refractivity contribution in [3.05, 3.63) is 138 Å². The van der Waals surface area contributed by atoms with Gasteiger partial charge in [0.2, 0.25) is 0 Å². The van der Waals surface area contributed by atoms with Gasteiger partial charge in [-0.05, 0) is 54.1 Å². The lowest BCUT2D eigenvalue weighted by molar-refractivity contribution is -0.0130. The van der Waals surface area contributed by atoms with Gasteiger partial charge in [-0.2, -0.15) is 0 Å². The fourth-order valence-electron chi connectivity index (χ4n) is 5.44. The van der Waals surface area contributed by atoms with Crippen LogP contribution in [0.25, 0.3) is 0 Å². The summed E-state index contributed by atoms with van der Waals surface area (Å²) < 4.78 is 24.6. The summed E-state index contributed by atoms with van der Waals surface area (Å²) in [5.41, 5.74) is 4.32. The number of benzene rings is 3. The first kappa shape index (κ1) is 22.8. The Labute approximate surface area is 221 Å². The summed E-state index contributed by atoms with van der Waals surface area (Å²) in [6, 6.07) is 32.7. The van der Waals surface area contributed by atoms with Gasteiger partial charge in [0, 0.05) is 24.1 Å². The van der Waals surface area contributed by atoms with Crippen LogP contribution in [0.4, 0.5) is 5.69 Å². The third-order valence-electron chi connectivity index (χ3n) is 7.23. The Morgan fingerprint density at radius 2 is 1.47 bits per heavy atom. The zero-order valence-corrected chi connectivity index (χ0v) is 20.8. The van der Waals surface area contributed by atoms with Gasteiger partial charge in [0.1, 0.15) is 29.1 Å². The normalized spacial score (nSPS) is 20.5.